The number of hydrogen-bond acceptors (Lipinski definition) is 6. The quantitative estimate of drug-likeness (QED) is 0.710. The van der Waals surface area contributed by atoms with Crippen LogP contribution in [0, 0.1) is 0 Å². The van der Waals surface area contributed by atoms with Gasteiger partial charge in [-0.2, -0.15) is 0 Å². The lowest BCUT2D eigenvalue weighted by Gasteiger charge is -2.37. The van der Waals surface area contributed by atoms with Gasteiger partial charge < -0.3 is 24.6 Å². The Morgan fingerprint density at radius 1 is 1.12 bits per heavy atom. The van der Waals surface area contributed by atoms with E-state index in [0.717, 1.165) is 26.1 Å². The Balaban J connectivity index is 1.25. The second-order valence-corrected chi connectivity index (χ2v) is 9.08. The number of amides is 4. The zero-order chi connectivity index (χ0) is 22.3. The minimum Gasteiger partial charge on any atom is -0.486 e. The van der Waals surface area contributed by atoms with Gasteiger partial charge in [-0.05, 0) is 50.4 Å². The van der Waals surface area contributed by atoms with Gasteiger partial charge in [-0.1, -0.05) is 6.92 Å². The van der Waals surface area contributed by atoms with Gasteiger partial charge in [0.15, 0.2) is 11.5 Å². The van der Waals surface area contributed by atoms with Crippen molar-refractivity contribution in [3.05, 3.63) is 23.8 Å². The van der Waals surface area contributed by atoms with Gasteiger partial charge in [0.05, 0.1) is 6.04 Å². The first-order valence-electron chi connectivity index (χ1n) is 11.6. The first-order chi connectivity index (χ1) is 15.5. The Morgan fingerprint density at radius 2 is 1.88 bits per heavy atom. The van der Waals surface area contributed by atoms with Crippen molar-refractivity contribution in [2.45, 2.75) is 44.2 Å². The van der Waals surface area contributed by atoms with Gasteiger partial charge in [-0.15, -0.1) is 0 Å². The molecule has 1 spiro atoms. The predicted octanol–water partition coefficient (Wildman–Crippen LogP) is 1.47. The van der Waals surface area contributed by atoms with Crippen molar-refractivity contribution in [2.75, 3.05) is 45.9 Å². The number of likely N-dealkylation sites (tertiary alicyclic amines) is 2. The zero-order valence-electron chi connectivity index (χ0n) is 18.5. The number of carbonyl (C=O) groups is 3. The normalized spacial score (nSPS) is 24.8. The molecule has 4 aliphatic heterocycles. The highest BCUT2D eigenvalue weighted by molar-refractivity contribution is 6.07. The fraction of sp³-hybridized carbons (Fsp3) is 0.609. The summed E-state index contributed by atoms with van der Waals surface area (Å²) in [5.74, 6) is 0.960. The largest absolute Gasteiger partial charge is 0.486 e. The minimum absolute atomic E-state index is 0.126. The number of carbonyl (C=O) groups excluding carboxylic acids is 3. The summed E-state index contributed by atoms with van der Waals surface area (Å²) >= 11 is 0. The number of nitrogens with zero attached hydrogens (tertiary/aromatic N) is 3. The first kappa shape index (κ1) is 21.1. The van der Waals surface area contributed by atoms with Gasteiger partial charge >= 0.3 is 6.03 Å². The highest BCUT2D eigenvalue weighted by atomic mass is 16.6. The van der Waals surface area contributed by atoms with Gasteiger partial charge in [0.25, 0.3) is 11.8 Å². The molecule has 0 bridgehead atoms. The molecule has 1 atom stereocenters. The van der Waals surface area contributed by atoms with E-state index in [-0.39, 0.29) is 23.9 Å². The molecule has 4 heterocycles. The Kier molecular flexibility index (Phi) is 5.44. The second kappa shape index (κ2) is 8.27. The lowest BCUT2D eigenvalue weighted by molar-refractivity contribution is -0.134. The van der Waals surface area contributed by atoms with Crippen LogP contribution in [0.15, 0.2) is 18.2 Å². The Morgan fingerprint density at radius 3 is 2.62 bits per heavy atom. The molecule has 9 heteroatoms. The van der Waals surface area contributed by atoms with E-state index >= 15 is 0 Å². The van der Waals surface area contributed by atoms with Crippen LogP contribution in [0.4, 0.5) is 4.79 Å². The van der Waals surface area contributed by atoms with Crippen LogP contribution in [-0.4, -0.2) is 90.1 Å². The number of fused-ring (bicyclic) bond motifs is 1. The fourth-order valence-electron chi connectivity index (χ4n) is 5.28. The molecule has 4 amide bonds. The van der Waals surface area contributed by atoms with E-state index in [0.29, 0.717) is 62.6 Å². The van der Waals surface area contributed by atoms with Crippen LogP contribution in [0.1, 0.15) is 43.0 Å². The Labute approximate surface area is 187 Å². The highest BCUT2D eigenvalue weighted by Gasteiger charge is 2.54. The van der Waals surface area contributed by atoms with E-state index in [2.05, 4.69) is 17.1 Å². The van der Waals surface area contributed by atoms with E-state index < -0.39 is 5.54 Å². The number of benzene rings is 1. The number of hydrogen-bond donors (Lipinski definition) is 1. The number of nitrogens with one attached hydrogen (secondary N) is 1. The zero-order valence-corrected chi connectivity index (χ0v) is 18.5. The molecule has 0 aliphatic carbocycles. The summed E-state index contributed by atoms with van der Waals surface area (Å²) in [5, 5.41) is 3.00. The van der Waals surface area contributed by atoms with Crippen LogP contribution < -0.4 is 14.8 Å². The Bertz CT molecular complexity index is 927. The summed E-state index contributed by atoms with van der Waals surface area (Å²) in [7, 11) is 0. The molecule has 1 aromatic carbocycles. The number of imide groups is 1. The maximum atomic E-state index is 13.3. The third kappa shape index (κ3) is 3.58. The van der Waals surface area contributed by atoms with E-state index in [1.165, 1.54) is 4.90 Å². The van der Waals surface area contributed by atoms with Crippen molar-refractivity contribution in [1.82, 2.24) is 20.0 Å². The molecule has 0 aromatic heterocycles. The van der Waals surface area contributed by atoms with E-state index in [4.69, 9.17) is 9.47 Å². The molecular weight excluding hydrogens is 412 g/mol. The molecule has 0 radical (unpaired) electrons. The summed E-state index contributed by atoms with van der Waals surface area (Å²) in [6.07, 6.45) is 2.95. The van der Waals surface area contributed by atoms with E-state index in [1.807, 2.05) is 0 Å². The average Bonchev–Trinajstić information content (AvgIpc) is 3.37. The molecule has 172 valence electrons. The topological polar surface area (TPSA) is 91.4 Å². The third-order valence-corrected chi connectivity index (χ3v) is 7.05. The van der Waals surface area contributed by atoms with Gasteiger partial charge in [0, 0.05) is 31.7 Å². The van der Waals surface area contributed by atoms with Crippen molar-refractivity contribution in [1.29, 1.82) is 0 Å². The van der Waals surface area contributed by atoms with Crippen LogP contribution in [-0.2, 0) is 4.79 Å². The lowest BCUT2D eigenvalue weighted by Crippen LogP contribution is -2.55. The molecule has 5 rings (SSSR count). The van der Waals surface area contributed by atoms with Crippen molar-refractivity contribution < 1.29 is 23.9 Å². The van der Waals surface area contributed by atoms with Crippen LogP contribution in [0.2, 0.25) is 0 Å². The van der Waals surface area contributed by atoms with Gasteiger partial charge in [-0.3, -0.25) is 14.5 Å². The van der Waals surface area contributed by atoms with Crippen molar-refractivity contribution in [3.8, 4) is 11.5 Å². The summed E-state index contributed by atoms with van der Waals surface area (Å²) in [6.45, 7) is 6.60. The first-order valence-corrected chi connectivity index (χ1v) is 11.6. The molecule has 0 unspecified atom stereocenters. The van der Waals surface area contributed by atoms with E-state index in [1.54, 1.807) is 23.1 Å². The van der Waals surface area contributed by atoms with Crippen molar-refractivity contribution in [3.63, 3.8) is 0 Å². The number of rotatable bonds is 4. The highest BCUT2D eigenvalue weighted by Crippen LogP contribution is 2.34. The number of urea groups is 1. The van der Waals surface area contributed by atoms with Crippen LogP contribution >= 0.6 is 0 Å². The molecular formula is C23H30N4O5. The third-order valence-electron chi connectivity index (χ3n) is 7.05. The summed E-state index contributed by atoms with van der Waals surface area (Å²) in [4.78, 5) is 44.7. The summed E-state index contributed by atoms with van der Waals surface area (Å²) in [6, 6.07) is 4.57. The molecule has 1 N–H and O–H groups in total. The molecule has 3 saturated heterocycles. The van der Waals surface area contributed by atoms with Crippen LogP contribution in [0.5, 0.6) is 11.5 Å². The van der Waals surface area contributed by atoms with Gasteiger partial charge in [0.2, 0.25) is 0 Å². The van der Waals surface area contributed by atoms with Gasteiger partial charge in [-0.25, -0.2) is 4.79 Å². The molecule has 9 nitrogen and oxygen atoms in total. The maximum Gasteiger partial charge on any atom is 0.325 e. The second-order valence-electron chi connectivity index (χ2n) is 9.08. The average molecular weight is 443 g/mol. The summed E-state index contributed by atoms with van der Waals surface area (Å²) < 4.78 is 11.1. The van der Waals surface area contributed by atoms with Crippen LogP contribution in [0.25, 0.3) is 0 Å². The summed E-state index contributed by atoms with van der Waals surface area (Å²) in [5.41, 5.74) is -0.263. The number of piperidine rings is 1. The predicted molar refractivity (Wildman–Crippen MR) is 116 cm³/mol. The van der Waals surface area contributed by atoms with Gasteiger partial charge in [0.1, 0.15) is 18.8 Å². The monoisotopic (exact) mass is 442 g/mol. The van der Waals surface area contributed by atoms with Crippen LogP contribution in [0.3, 0.4) is 0 Å². The molecule has 32 heavy (non-hydrogen) atoms. The smallest absolute Gasteiger partial charge is 0.325 e. The van der Waals surface area contributed by atoms with Crippen molar-refractivity contribution >= 4 is 17.8 Å². The standard InChI is InChI=1S/C23H30N4O5/c1-2-8-25-10-6-23(7-11-25)21(29)27(22(30)24-23)17-5-9-26(15-17)20(28)16-3-4-18-19(14-16)32-13-12-31-18/h3-4,14,17H,2,5-13,15H2,1H3,(H,24,30)/t17-/m1/s1. The molecule has 4 aliphatic rings. The van der Waals surface area contributed by atoms with Crippen molar-refractivity contribution in [2.24, 2.45) is 0 Å². The molecule has 0 saturated carbocycles. The molecule has 3 fully saturated rings. The minimum atomic E-state index is -0.783. The number of ether oxygens (including phenoxy) is 2. The molecule has 1 aromatic rings. The SMILES string of the molecule is CCCN1CCC2(CC1)NC(=O)N([C@@H]1CCN(C(=O)c3ccc4c(c3)OCCO4)C1)C2=O. The lowest BCUT2D eigenvalue weighted by atomic mass is 9.87. The Hall–Kier alpha value is -2.81. The van der Waals surface area contributed by atoms with E-state index in [9.17, 15) is 14.4 Å². The maximum absolute atomic E-state index is 13.3. The fourth-order valence-corrected chi connectivity index (χ4v) is 5.28.